The standard InChI is InChI=1S/C21H18F3N3O/c22-21(23,24)18-11-6-12-25-19(18)26-13-14-27-20(28)17-10-5-4-9-16(17)15-7-2-1-3-8-15/h1-12H,13-14H2,(H,25,26)(H,27,28). The highest BCUT2D eigenvalue weighted by Gasteiger charge is 2.33. The number of aromatic nitrogens is 1. The predicted octanol–water partition coefficient (Wildman–Crippen LogP) is 4.61. The molecule has 0 bridgehead atoms. The average molecular weight is 385 g/mol. The minimum absolute atomic E-state index is 0.110. The Morgan fingerprint density at radius 2 is 1.61 bits per heavy atom. The van der Waals surface area contributed by atoms with E-state index in [9.17, 15) is 18.0 Å². The molecule has 1 aromatic heterocycles. The summed E-state index contributed by atoms with van der Waals surface area (Å²) in [5, 5.41) is 5.35. The number of nitrogens with one attached hydrogen (secondary N) is 2. The molecule has 28 heavy (non-hydrogen) atoms. The number of hydrogen-bond donors (Lipinski definition) is 2. The molecule has 2 aromatic carbocycles. The molecule has 0 spiro atoms. The summed E-state index contributed by atoms with van der Waals surface area (Å²) in [6.45, 7) is 0.259. The van der Waals surface area contributed by atoms with Gasteiger partial charge in [-0.25, -0.2) is 4.98 Å². The summed E-state index contributed by atoms with van der Waals surface area (Å²) in [5.41, 5.74) is 1.37. The van der Waals surface area contributed by atoms with Gasteiger partial charge in [-0.05, 0) is 29.3 Å². The summed E-state index contributed by atoms with van der Waals surface area (Å²) in [6, 6.07) is 18.9. The molecule has 144 valence electrons. The number of pyridine rings is 1. The highest BCUT2D eigenvalue weighted by Crippen LogP contribution is 2.33. The van der Waals surface area contributed by atoms with Gasteiger partial charge in [0, 0.05) is 24.8 Å². The van der Waals surface area contributed by atoms with Crippen LogP contribution in [0.1, 0.15) is 15.9 Å². The summed E-state index contributed by atoms with van der Waals surface area (Å²) in [6.07, 6.45) is -3.21. The topological polar surface area (TPSA) is 54.0 Å². The highest BCUT2D eigenvalue weighted by molar-refractivity contribution is 6.00. The van der Waals surface area contributed by atoms with Crippen LogP contribution < -0.4 is 10.6 Å². The summed E-state index contributed by atoms with van der Waals surface area (Å²) in [4.78, 5) is 16.3. The van der Waals surface area contributed by atoms with E-state index in [4.69, 9.17) is 0 Å². The Balaban J connectivity index is 1.63. The van der Waals surface area contributed by atoms with Crippen LogP contribution in [0.4, 0.5) is 19.0 Å². The molecule has 0 fully saturated rings. The Kier molecular flexibility index (Phi) is 5.93. The number of anilines is 1. The maximum Gasteiger partial charge on any atom is 0.419 e. The van der Waals surface area contributed by atoms with Crippen LogP contribution in [-0.4, -0.2) is 24.0 Å². The molecule has 0 unspecified atom stereocenters. The Morgan fingerprint density at radius 3 is 2.36 bits per heavy atom. The van der Waals surface area contributed by atoms with E-state index in [-0.39, 0.29) is 24.8 Å². The van der Waals surface area contributed by atoms with E-state index < -0.39 is 11.7 Å². The minimum Gasteiger partial charge on any atom is -0.368 e. The zero-order valence-corrected chi connectivity index (χ0v) is 14.8. The van der Waals surface area contributed by atoms with E-state index >= 15 is 0 Å². The zero-order valence-electron chi connectivity index (χ0n) is 14.8. The first-order valence-corrected chi connectivity index (χ1v) is 8.65. The van der Waals surface area contributed by atoms with Gasteiger partial charge in [0.05, 0.1) is 5.56 Å². The fourth-order valence-corrected chi connectivity index (χ4v) is 2.78. The van der Waals surface area contributed by atoms with Gasteiger partial charge >= 0.3 is 6.18 Å². The van der Waals surface area contributed by atoms with Crippen LogP contribution in [0.5, 0.6) is 0 Å². The van der Waals surface area contributed by atoms with Gasteiger partial charge in [0.2, 0.25) is 0 Å². The largest absolute Gasteiger partial charge is 0.419 e. The number of carbonyl (C=O) groups is 1. The SMILES string of the molecule is O=C(NCCNc1ncccc1C(F)(F)F)c1ccccc1-c1ccccc1. The summed E-state index contributed by atoms with van der Waals surface area (Å²) < 4.78 is 38.9. The number of benzene rings is 2. The van der Waals surface area contributed by atoms with E-state index in [0.717, 1.165) is 17.2 Å². The Labute approximate surface area is 160 Å². The van der Waals surface area contributed by atoms with Crippen LogP contribution in [0, 0.1) is 0 Å². The van der Waals surface area contributed by atoms with Gasteiger partial charge in [-0.2, -0.15) is 13.2 Å². The molecule has 1 amide bonds. The molecule has 0 radical (unpaired) electrons. The molecule has 4 nitrogen and oxygen atoms in total. The molecule has 3 rings (SSSR count). The second-order valence-electron chi connectivity index (χ2n) is 5.99. The molecule has 0 aliphatic carbocycles. The van der Waals surface area contributed by atoms with Crippen molar-refractivity contribution in [3.63, 3.8) is 0 Å². The lowest BCUT2D eigenvalue weighted by molar-refractivity contribution is -0.137. The van der Waals surface area contributed by atoms with Crippen LogP contribution in [0.3, 0.4) is 0 Å². The van der Waals surface area contributed by atoms with Gasteiger partial charge in [-0.3, -0.25) is 4.79 Å². The molecule has 0 saturated heterocycles. The summed E-state index contributed by atoms with van der Waals surface area (Å²) >= 11 is 0. The van der Waals surface area contributed by atoms with E-state index in [1.807, 2.05) is 42.5 Å². The molecule has 1 heterocycles. The van der Waals surface area contributed by atoms with E-state index in [2.05, 4.69) is 15.6 Å². The minimum atomic E-state index is -4.49. The maximum absolute atomic E-state index is 13.0. The Bertz CT molecular complexity index is 943. The molecule has 0 aliphatic rings. The molecule has 7 heteroatoms. The van der Waals surface area contributed by atoms with Crippen molar-refractivity contribution < 1.29 is 18.0 Å². The molecule has 0 saturated carbocycles. The third kappa shape index (κ3) is 4.68. The first kappa shape index (κ1) is 19.4. The lowest BCUT2D eigenvalue weighted by Crippen LogP contribution is -2.29. The van der Waals surface area contributed by atoms with Crippen molar-refractivity contribution in [2.75, 3.05) is 18.4 Å². The maximum atomic E-state index is 13.0. The second kappa shape index (κ2) is 8.56. The van der Waals surface area contributed by atoms with Gasteiger partial charge in [0.15, 0.2) is 0 Å². The van der Waals surface area contributed by atoms with Gasteiger partial charge in [-0.15, -0.1) is 0 Å². The third-order valence-electron chi connectivity index (χ3n) is 4.07. The highest BCUT2D eigenvalue weighted by atomic mass is 19.4. The van der Waals surface area contributed by atoms with Gasteiger partial charge in [0.1, 0.15) is 5.82 Å². The quantitative estimate of drug-likeness (QED) is 0.610. The van der Waals surface area contributed by atoms with Crippen molar-refractivity contribution in [2.45, 2.75) is 6.18 Å². The molecule has 3 aromatic rings. The Morgan fingerprint density at radius 1 is 0.893 bits per heavy atom. The fourth-order valence-electron chi connectivity index (χ4n) is 2.78. The van der Waals surface area contributed by atoms with Crippen molar-refractivity contribution >= 4 is 11.7 Å². The number of nitrogens with zero attached hydrogens (tertiary/aromatic N) is 1. The zero-order chi connectivity index (χ0) is 20.0. The third-order valence-corrected chi connectivity index (χ3v) is 4.07. The number of halogens is 3. The molecule has 0 aliphatic heterocycles. The van der Waals surface area contributed by atoms with Crippen LogP contribution in [0.25, 0.3) is 11.1 Å². The van der Waals surface area contributed by atoms with E-state index in [0.29, 0.717) is 5.56 Å². The van der Waals surface area contributed by atoms with Crippen molar-refractivity contribution in [1.82, 2.24) is 10.3 Å². The molecular weight excluding hydrogens is 367 g/mol. The normalized spacial score (nSPS) is 11.1. The number of hydrogen-bond acceptors (Lipinski definition) is 3. The molecule has 0 atom stereocenters. The molecular formula is C21H18F3N3O. The van der Waals surface area contributed by atoms with Crippen molar-refractivity contribution in [3.8, 4) is 11.1 Å². The second-order valence-corrected chi connectivity index (χ2v) is 5.99. The lowest BCUT2D eigenvalue weighted by atomic mass is 9.99. The number of amides is 1. The van der Waals surface area contributed by atoms with Crippen molar-refractivity contribution in [3.05, 3.63) is 84.1 Å². The van der Waals surface area contributed by atoms with Gasteiger partial charge in [-0.1, -0.05) is 48.5 Å². The van der Waals surface area contributed by atoms with Gasteiger partial charge in [0.25, 0.3) is 5.91 Å². The number of alkyl halides is 3. The number of rotatable bonds is 6. The monoisotopic (exact) mass is 385 g/mol. The van der Waals surface area contributed by atoms with E-state index in [1.165, 1.54) is 12.3 Å². The van der Waals surface area contributed by atoms with E-state index in [1.54, 1.807) is 12.1 Å². The van der Waals surface area contributed by atoms with Crippen molar-refractivity contribution in [1.29, 1.82) is 0 Å². The summed E-state index contributed by atoms with van der Waals surface area (Å²) in [7, 11) is 0. The Hall–Kier alpha value is -3.35. The number of carbonyl (C=O) groups excluding carboxylic acids is 1. The first-order chi connectivity index (χ1) is 13.5. The van der Waals surface area contributed by atoms with Gasteiger partial charge < -0.3 is 10.6 Å². The average Bonchev–Trinajstić information content (AvgIpc) is 2.71. The van der Waals surface area contributed by atoms with Crippen LogP contribution in [0.15, 0.2) is 72.9 Å². The fraction of sp³-hybridized carbons (Fsp3) is 0.143. The molecule has 2 N–H and O–H groups in total. The predicted molar refractivity (Wildman–Crippen MR) is 102 cm³/mol. The van der Waals surface area contributed by atoms with Crippen LogP contribution >= 0.6 is 0 Å². The van der Waals surface area contributed by atoms with Crippen molar-refractivity contribution in [2.24, 2.45) is 0 Å². The smallest absolute Gasteiger partial charge is 0.368 e. The summed E-state index contributed by atoms with van der Waals surface area (Å²) in [5.74, 6) is -0.549. The van der Waals surface area contributed by atoms with Crippen LogP contribution in [-0.2, 0) is 6.18 Å². The van der Waals surface area contributed by atoms with Crippen LogP contribution in [0.2, 0.25) is 0 Å². The lowest BCUT2D eigenvalue weighted by Gasteiger charge is -2.14. The first-order valence-electron chi connectivity index (χ1n) is 8.65.